The smallest absolute Gasteiger partial charge is 0.266 e. The number of carbonyl (C=O) groups is 1. The van der Waals surface area contributed by atoms with Crippen molar-refractivity contribution in [2.24, 2.45) is 4.99 Å². The minimum Gasteiger partial charge on any atom is -0.497 e. The van der Waals surface area contributed by atoms with Gasteiger partial charge in [0.2, 0.25) is 0 Å². The number of hydrogen-bond acceptors (Lipinski definition) is 5. The van der Waals surface area contributed by atoms with Crippen molar-refractivity contribution in [3.8, 4) is 11.5 Å². The summed E-state index contributed by atoms with van der Waals surface area (Å²) in [7, 11) is 3.30. The minimum absolute atomic E-state index is 0.149. The van der Waals surface area contributed by atoms with Gasteiger partial charge >= 0.3 is 0 Å². The number of halogens is 3. The van der Waals surface area contributed by atoms with Crippen LogP contribution in [0.3, 0.4) is 0 Å². The Kier molecular flexibility index (Phi) is 8.08. The highest BCUT2D eigenvalue weighted by atomic mass is 127. The molecule has 0 atom stereocenters. The van der Waals surface area contributed by atoms with Crippen LogP contribution in [-0.4, -0.2) is 30.1 Å². The SMILES string of the molecule is COc1ccc(N=C2S/C(=C\c3cc(Cl)c(OCc4ccc(I)cc4)c(Cl)c3)C(=O)N2C)cc1. The Balaban J connectivity index is 1.51. The molecule has 0 bridgehead atoms. The molecule has 0 radical (unpaired) electrons. The Morgan fingerprint density at radius 1 is 1.06 bits per heavy atom. The Labute approximate surface area is 225 Å². The lowest BCUT2D eigenvalue weighted by molar-refractivity contribution is -0.121. The predicted octanol–water partition coefficient (Wildman–Crippen LogP) is 7.42. The number of carbonyl (C=O) groups excluding carboxylic acids is 1. The number of ether oxygens (including phenoxy) is 2. The number of methoxy groups -OCH3 is 1. The molecule has 0 spiro atoms. The van der Waals surface area contributed by atoms with Crippen LogP contribution in [-0.2, 0) is 11.4 Å². The molecule has 5 nitrogen and oxygen atoms in total. The molecule has 4 rings (SSSR count). The Hall–Kier alpha value is -2.20. The van der Waals surface area contributed by atoms with E-state index in [9.17, 15) is 4.79 Å². The highest BCUT2D eigenvalue weighted by Gasteiger charge is 2.30. The largest absolute Gasteiger partial charge is 0.497 e. The van der Waals surface area contributed by atoms with Gasteiger partial charge in [0, 0.05) is 10.6 Å². The number of likely N-dealkylation sites (N-methyl/N-ethyl adjacent to an activating group) is 1. The van der Waals surface area contributed by atoms with Gasteiger partial charge in [-0.15, -0.1) is 0 Å². The Morgan fingerprint density at radius 3 is 2.32 bits per heavy atom. The van der Waals surface area contributed by atoms with E-state index in [1.54, 1.807) is 32.4 Å². The van der Waals surface area contributed by atoms with E-state index in [1.165, 1.54) is 16.7 Å². The van der Waals surface area contributed by atoms with E-state index in [0.717, 1.165) is 20.6 Å². The van der Waals surface area contributed by atoms with Gasteiger partial charge in [-0.05, 0) is 100 Å². The molecule has 1 aliphatic rings. The summed E-state index contributed by atoms with van der Waals surface area (Å²) in [6, 6.07) is 18.8. The number of nitrogens with zero attached hydrogens (tertiary/aromatic N) is 2. The first-order valence-corrected chi connectivity index (χ1v) is 12.8. The average molecular weight is 625 g/mol. The van der Waals surface area contributed by atoms with Crippen LogP contribution in [0.4, 0.5) is 5.69 Å². The van der Waals surface area contributed by atoms with E-state index in [-0.39, 0.29) is 5.91 Å². The zero-order valence-electron chi connectivity index (χ0n) is 18.2. The highest BCUT2D eigenvalue weighted by molar-refractivity contribution is 14.1. The second kappa shape index (κ2) is 11.0. The molecule has 34 heavy (non-hydrogen) atoms. The lowest BCUT2D eigenvalue weighted by Crippen LogP contribution is -2.23. The molecule has 0 aliphatic carbocycles. The normalized spacial score (nSPS) is 15.9. The van der Waals surface area contributed by atoms with Crippen molar-refractivity contribution in [1.82, 2.24) is 4.90 Å². The third kappa shape index (κ3) is 5.89. The molecular formula is C25H19Cl2IN2O3S. The van der Waals surface area contributed by atoms with Gasteiger partial charge in [-0.25, -0.2) is 4.99 Å². The molecule has 3 aromatic carbocycles. The summed E-state index contributed by atoms with van der Waals surface area (Å²) in [5.74, 6) is 1.00. The fourth-order valence-corrected chi connectivity index (χ4v) is 5.07. The van der Waals surface area contributed by atoms with Crippen molar-refractivity contribution in [3.05, 3.63) is 90.3 Å². The quantitative estimate of drug-likeness (QED) is 0.212. The van der Waals surface area contributed by atoms with Crippen molar-refractivity contribution in [3.63, 3.8) is 0 Å². The summed E-state index contributed by atoms with van der Waals surface area (Å²) < 4.78 is 12.2. The van der Waals surface area contributed by atoms with Gasteiger partial charge in [-0.2, -0.15) is 0 Å². The van der Waals surface area contributed by atoms with E-state index in [1.807, 2.05) is 48.5 Å². The molecular weight excluding hydrogens is 606 g/mol. The topological polar surface area (TPSA) is 51.1 Å². The predicted molar refractivity (Wildman–Crippen MR) is 148 cm³/mol. The van der Waals surface area contributed by atoms with Gasteiger partial charge in [0.15, 0.2) is 10.9 Å². The fraction of sp³-hybridized carbons (Fsp3) is 0.120. The molecule has 3 aromatic rings. The fourth-order valence-electron chi connectivity index (χ4n) is 3.11. The van der Waals surface area contributed by atoms with Gasteiger partial charge in [0.25, 0.3) is 5.91 Å². The first-order valence-electron chi connectivity index (χ1n) is 10.1. The van der Waals surface area contributed by atoms with Crippen LogP contribution in [0.5, 0.6) is 11.5 Å². The van der Waals surface area contributed by atoms with E-state index in [4.69, 9.17) is 32.7 Å². The lowest BCUT2D eigenvalue weighted by Gasteiger charge is -2.11. The summed E-state index contributed by atoms with van der Waals surface area (Å²) in [6.45, 7) is 0.348. The van der Waals surface area contributed by atoms with Crippen LogP contribution in [0.15, 0.2) is 70.6 Å². The first-order chi connectivity index (χ1) is 16.3. The number of rotatable bonds is 6. The molecule has 174 valence electrons. The average Bonchev–Trinajstić information content (AvgIpc) is 3.08. The van der Waals surface area contributed by atoms with Crippen LogP contribution in [0.2, 0.25) is 10.0 Å². The van der Waals surface area contributed by atoms with Crippen molar-refractivity contribution < 1.29 is 14.3 Å². The standard InChI is InChI=1S/C25H19Cl2IN2O3S/c1-30-24(31)22(34-25(30)29-18-7-9-19(32-2)10-8-18)13-16-11-20(26)23(21(27)12-16)33-14-15-3-5-17(28)6-4-15/h3-13H,14H2,1-2H3/b22-13-,29-25?. The maximum Gasteiger partial charge on any atom is 0.266 e. The molecule has 0 saturated carbocycles. The van der Waals surface area contributed by atoms with Gasteiger partial charge in [-0.1, -0.05) is 35.3 Å². The third-order valence-electron chi connectivity index (χ3n) is 4.92. The number of amides is 1. The molecule has 1 aliphatic heterocycles. The van der Waals surface area contributed by atoms with Crippen LogP contribution >= 0.6 is 57.6 Å². The summed E-state index contributed by atoms with van der Waals surface area (Å²) in [4.78, 5) is 19.4. The van der Waals surface area contributed by atoms with Crippen molar-refractivity contribution in [2.45, 2.75) is 6.61 Å². The zero-order chi connectivity index (χ0) is 24.2. The van der Waals surface area contributed by atoms with Crippen molar-refractivity contribution in [1.29, 1.82) is 0 Å². The number of hydrogen-bond donors (Lipinski definition) is 0. The number of benzene rings is 3. The number of thioether (sulfide) groups is 1. The molecule has 0 N–H and O–H groups in total. The summed E-state index contributed by atoms with van der Waals surface area (Å²) >= 11 is 16.5. The number of aliphatic imine (C=N–C) groups is 1. The van der Waals surface area contributed by atoms with Crippen LogP contribution in [0.25, 0.3) is 6.08 Å². The Morgan fingerprint density at radius 2 is 1.71 bits per heavy atom. The molecule has 0 unspecified atom stereocenters. The maximum absolute atomic E-state index is 12.8. The van der Waals surface area contributed by atoms with Gasteiger partial charge in [0.1, 0.15) is 12.4 Å². The van der Waals surface area contributed by atoms with E-state index in [2.05, 4.69) is 27.6 Å². The van der Waals surface area contributed by atoms with Crippen LogP contribution in [0, 0.1) is 3.57 Å². The van der Waals surface area contributed by atoms with Crippen LogP contribution < -0.4 is 9.47 Å². The summed E-state index contributed by atoms with van der Waals surface area (Å²) in [6.07, 6.45) is 1.75. The summed E-state index contributed by atoms with van der Waals surface area (Å²) in [5, 5.41) is 1.33. The van der Waals surface area contributed by atoms with E-state index >= 15 is 0 Å². The molecule has 1 fully saturated rings. The molecule has 1 saturated heterocycles. The molecule has 1 heterocycles. The molecule has 1 amide bonds. The van der Waals surface area contributed by atoms with Crippen LogP contribution in [0.1, 0.15) is 11.1 Å². The van der Waals surface area contributed by atoms with E-state index < -0.39 is 0 Å². The second-order valence-electron chi connectivity index (χ2n) is 7.30. The van der Waals surface area contributed by atoms with Crippen molar-refractivity contribution in [2.75, 3.05) is 14.2 Å². The first kappa shape index (κ1) is 24.9. The lowest BCUT2D eigenvalue weighted by atomic mass is 10.2. The van der Waals surface area contributed by atoms with Crippen molar-refractivity contribution >= 4 is 80.4 Å². The molecule has 9 heteroatoms. The third-order valence-corrected chi connectivity index (χ3v) is 7.26. The Bertz CT molecular complexity index is 1260. The minimum atomic E-state index is -0.149. The van der Waals surface area contributed by atoms with Gasteiger partial charge in [-0.3, -0.25) is 9.69 Å². The van der Waals surface area contributed by atoms with Gasteiger partial charge in [0.05, 0.1) is 27.7 Å². The maximum atomic E-state index is 12.8. The zero-order valence-corrected chi connectivity index (χ0v) is 22.7. The second-order valence-corrected chi connectivity index (χ2v) is 10.4. The number of amidine groups is 1. The van der Waals surface area contributed by atoms with Gasteiger partial charge < -0.3 is 9.47 Å². The summed E-state index contributed by atoms with van der Waals surface area (Å²) in [5.41, 5.74) is 2.44. The molecule has 0 aromatic heterocycles. The van der Waals surface area contributed by atoms with E-state index in [0.29, 0.717) is 38.0 Å². The highest BCUT2D eigenvalue weighted by Crippen LogP contribution is 2.38. The monoisotopic (exact) mass is 624 g/mol.